The monoisotopic (exact) mass is 313 g/mol. The number of hydrogen-bond acceptors (Lipinski definition) is 4. The summed E-state index contributed by atoms with van der Waals surface area (Å²) in [7, 11) is 0. The van der Waals surface area contributed by atoms with E-state index < -0.39 is 0 Å². The molecule has 5 nitrogen and oxygen atoms in total. The minimum Gasteiger partial charge on any atom is -0.354 e. The maximum absolute atomic E-state index is 4.70. The highest BCUT2D eigenvalue weighted by Gasteiger charge is 2.20. The highest BCUT2D eigenvalue weighted by atomic mass is 15.3. The highest BCUT2D eigenvalue weighted by molar-refractivity contribution is 5.45. The molecule has 2 aliphatic rings. The third-order valence-electron chi connectivity index (χ3n) is 5.39. The molecule has 1 aliphatic carbocycles. The van der Waals surface area contributed by atoms with Crippen LogP contribution in [0.3, 0.4) is 0 Å². The molecule has 1 aliphatic heterocycles. The van der Waals surface area contributed by atoms with Crippen LogP contribution in [0.2, 0.25) is 0 Å². The van der Waals surface area contributed by atoms with Crippen molar-refractivity contribution in [3.63, 3.8) is 0 Å². The Kier molecular flexibility index (Phi) is 4.46. The minimum absolute atomic E-state index is 0.919. The largest absolute Gasteiger partial charge is 0.354 e. The Balaban J connectivity index is 1.38. The second kappa shape index (κ2) is 6.87. The lowest BCUT2D eigenvalue weighted by molar-refractivity contribution is 0.211. The van der Waals surface area contributed by atoms with Gasteiger partial charge in [-0.1, -0.05) is 19.3 Å². The van der Waals surface area contributed by atoms with Gasteiger partial charge in [0.15, 0.2) is 5.65 Å². The molecule has 4 rings (SSSR count). The maximum atomic E-state index is 4.70. The zero-order chi connectivity index (χ0) is 15.5. The van der Waals surface area contributed by atoms with Gasteiger partial charge in [-0.05, 0) is 43.9 Å². The first-order valence-corrected chi connectivity index (χ1v) is 9.16. The normalized spacial score (nSPS) is 21.7. The van der Waals surface area contributed by atoms with E-state index in [1.165, 1.54) is 58.2 Å². The Hall–Kier alpha value is -1.62. The molecule has 5 heteroatoms. The van der Waals surface area contributed by atoms with Gasteiger partial charge in [-0.2, -0.15) is 0 Å². The molecule has 0 unspecified atom stereocenters. The SMILES string of the molecule is c1cn2nc(N3CCCN(CC4CCCCC4)CC3)ccc2n1. The van der Waals surface area contributed by atoms with Crippen LogP contribution in [0, 0.1) is 5.92 Å². The topological polar surface area (TPSA) is 36.7 Å². The molecule has 0 bridgehead atoms. The van der Waals surface area contributed by atoms with Crippen molar-refractivity contribution >= 4 is 11.5 Å². The number of fused-ring (bicyclic) bond motifs is 1. The van der Waals surface area contributed by atoms with Crippen LogP contribution < -0.4 is 4.90 Å². The lowest BCUT2D eigenvalue weighted by Gasteiger charge is -2.29. The number of hydrogen-bond donors (Lipinski definition) is 0. The fourth-order valence-electron chi connectivity index (χ4n) is 4.09. The standard InChI is InChI=1S/C18H27N5/c1-2-5-16(6-3-1)15-21-10-4-11-22(14-13-21)18-8-7-17-19-9-12-23(17)20-18/h7-9,12,16H,1-6,10-11,13-15H2. The summed E-state index contributed by atoms with van der Waals surface area (Å²) < 4.78 is 1.88. The summed E-state index contributed by atoms with van der Waals surface area (Å²) >= 11 is 0. The molecule has 0 aromatic carbocycles. The van der Waals surface area contributed by atoms with Crippen molar-refractivity contribution in [3.8, 4) is 0 Å². The van der Waals surface area contributed by atoms with Crippen LogP contribution in [0.1, 0.15) is 38.5 Å². The van der Waals surface area contributed by atoms with Gasteiger partial charge in [-0.15, -0.1) is 5.10 Å². The van der Waals surface area contributed by atoms with E-state index in [0.29, 0.717) is 0 Å². The Labute approximate surface area is 138 Å². The van der Waals surface area contributed by atoms with Gasteiger partial charge in [0.05, 0.1) is 0 Å². The molecule has 2 aromatic heterocycles. The molecule has 1 saturated heterocycles. The summed E-state index contributed by atoms with van der Waals surface area (Å²) in [5, 5.41) is 4.70. The fraction of sp³-hybridized carbons (Fsp3) is 0.667. The summed E-state index contributed by atoms with van der Waals surface area (Å²) in [4.78, 5) is 9.39. The number of nitrogens with zero attached hydrogens (tertiary/aromatic N) is 5. The molecule has 0 spiro atoms. The van der Waals surface area contributed by atoms with Gasteiger partial charge in [-0.3, -0.25) is 0 Å². The zero-order valence-corrected chi connectivity index (χ0v) is 13.9. The minimum atomic E-state index is 0.919. The van der Waals surface area contributed by atoms with Crippen molar-refractivity contribution in [2.75, 3.05) is 37.6 Å². The van der Waals surface area contributed by atoms with E-state index in [9.17, 15) is 0 Å². The first kappa shape index (κ1) is 14.9. The van der Waals surface area contributed by atoms with E-state index in [1.54, 1.807) is 6.20 Å². The number of anilines is 1. The molecule has 0 radical (unpaired) electrons. The molecule has 2 aromatic rings. The highest BCUT2D eigenvalue weighted by Crippen LogP contribution is 2.25. The Morgan fingerprint density at radius 2 is 1.87 bits per heavy atom. The molecule has 23 heavy (non-hydrogen) atoms. The third-order valence-corrected chi connectivity index (χ3v) is 5.39. The Bertz CT molecular complexity index is 631. The van der Waals surface area contributed by atoms with Crippen molar-refractivity contribution in [2.45, 2.75) is 38.5 Å². The van der Waals surface area contributed by atoms with Crippen LogP contribution in [0.4, 0.5) is 5.82 Å². The van der Waals surface area contributed by atoms with Crippen molar-refractivity contribution in [1.82, 2.24) is 19.5 Å². The lowest BCUT2D eigenvalue weighted by atomic mass is 9.89. The third kappa shape index (κ3) is 3.50. The molecule has 124 valence electrons. The van der Waals surface area contributed by atoms with Crippen LogP contribution in [-0.2, 0) is 0 Å². The van der Waals surface area contributed by atoms with E-state index in [2.05, 4.69) is 26.9 Å². The van der Waals surface area contributed by atoms with Crippen LogP contribution in [0.5, 0.6) is 0 Å². The number of aromatic nitrogens is 3. The zero-order valence-electron chi connectivity index (χ0n) is 13.9. The predicted octanol–water partition coefficient (Wildman–Crippen LogP) is 2.82. The van der Waals surface area contributed by atoms with Gasteiger partial charge in [0.25, 0.3) is 0 Å². The van der Waals surface area contributed by atoms with E-state index >= 15 is 0 Å². The average molecular weight is 313 g/mol. The van der Waals surface area contributed by atoms with Crippen LogP contribution >= 0.6 is 0 Å². The molecular weight excluding hydrogens is 286 g/mol. The van der Waals surface area contributed by atoms with Crippen LogP contribution in [0.15, 0.2) is 24.5 Å². The first-order chi connectivity index (χ1) is 11.4. The lowest BCUT2D eigenvalue weighted by Crippen LogP contribution is -2.34. The summed E-state index contributed by atoms with van der Waals surface area (Å²) in [5.41, 5.74) is 0.919. The van der Waals surface area contributed by atoms with Gasteiger partial charge < -0.3 is 9.80 Å². The summed E-state index contributed by atoms with van der Waals surface area (Å²) in [6.45, 7) is 5.90. The number of imidazole rings is 1. The van der Waals surface area contributed by atoms with Crippen molar-refractivity contribution < 1.29 is 0 Å². The molecule has 2 fully saturated rings. The predicted molar refractivity (Wildman–Crippen MR) is 92.8 cm³/mol. The average Bonchev–Trinajstić information content (AvgIpc) is 2.94. The smallest absolute Gasteiger partial charge is 0.153 e. The van der Waals surface area contributed by atoms with Gasteiger partial charge in [-0.25, -0.2) is 9.50 Å². The van der Waals surface area contributed by atoms with Crippen LogP contribution in [-0.4, -0.2) is 52.2 Å². The second-order valence-electron chi connectivity index (χ2n) is 7.07. The van der Waals surface area contributed by atoms with Gasteiger partial charge in [0.2, 0.25) is 0 Å². The first-order valence-electron chi connectivity index (χ1n) is 9.16. The molecule has 3 heterocycles. The van der Waals surface area contributed by atoms with Crippen molar-refractivity contribution in [3.05, 3.63) is 24.5 Å². The van der Waals surface area contributed by atoms with E-state index in [1.807, 2.05) is 10.7 Å². The molecule has 0 atom stereocenters. The van der Waals surface area contributed by atoms with Gasteiger partial charge in [0, 0.05) is 38.6 Å². The maximum Gasteiger partial charge on any atom is 0.153 e. The quantitative estimate of drug-likeness (QED) is 0.873. The Morgan fingerprint density at radius 1 is 0.957 bits per heavy atom. The second-order valence-corrected chi connectivity index (χ2v) is 7.07. The molecule has 1 saturated carbocycles. The van der Waals surface area contributed by atoms with Crippen molar-refractivity contribution in [1.29, 1.82) is 0 Å². The molecule has 0 N–H and O–H groups in total. The van der Waals surface area contributed by atoms with Crippen molar-refractivity contribution in [2.24, 2.45) is 5.92 Å². The number of rotatable bonds is 3. The summed E-state index contributed by atoms with van der Waals surface area (Å²) in [6, 6.07) is 4.17. The van der Waals surface area contributed by atoms with Gasteiger partial charge >= 0.3 is 0 Å². The van der Waals surface area contributed by atoms with E-state index in [4.69, 9.17) is 5.10 Å². The summed E-state index contributed by atoms with van der Waals surface area (Å²) in [5.74, 6) is 2.02. The molecular formula is C18H27N5. The Morgan fingerprint density at radius 3 is 2.78 bits per heavy atom. The molecule has 0 amide bonds. The fourth-order valence-corrected chi connectivity index (χ4v) is 4.09. The van der Waals surface area contributed by atoms with E-state index in [0.717, 1.165) is 30.5 Å². The van der Waals surface area contributed by atoms with E-state index in [-0.39, 0.29) is 0 Å². The van der Waals surface area contributed by atoms with Crippen LogP contribution in [0.25, 0.3) is 5.65 Å². The summed E-state index contributed by atoms with van der Waals surface area (Å²) in [6.07, 6.45) is 12.2. The van der Waals surface area contributed by atoms with Gasteiger partial charge in [0.1, 0.15) is 5.82 Å².